The Balaban J connectivity index is 1.18. The van der Waals surface area contributed by atoms with Crippen molar-refractivity contribution >= 4 is 40.4 Å². The van der Waals surface area contributed by atoms with Crippen LogP contribution >= 0.6 is 0 Å². The highest BCUT2D eigenvalue weighted by molar-refractivity contribution is 5.99. The lowest BCUT2D eigenvalue weighted by molar-refractivity contribution is 0.0240. The van der Waals surface area contributed by atoms with E-state index >= 15 is 0 Å². The Hall–Kier alpha value is -4.93. The number of nitrogens with one attached hydrogen (secondary N) is 2. The number of aromatic nitrogens is 2. The lowest BCUT2D eigenvalue weighted by atomic mass is 10.2. The fourth-order valence-electron chi connectivity index (χ4n) is 4.21. The summed E-state index contributed by atoms with van der Waals surface area (Å²) in [6.07, 6.45) is 1.44. The second-order valence-electron chi connectivity index (χ2n) is 10.5. The van der Waals surface area contributed by atoms with Crippen LogP contribution in [0, 0.1) is 5.82 Å². The summed E-state index contributed by atoms with van der Waals surface area (Å²) in [5.41, 5.74) is 1.94. The fraction of sp³-hybridized carbons (Fsp3) is 0.267. The molecule has 2 heterocycles. The molecule has 212 valence electrons. The van der Waals surface area contributed by atoms with Crippen LogP contribution in [0.15, 0.2) is 72.9 Å². The van der Waals surface area contributed by atoms with Gasteiger partial charge in [-0.05, 0) is 81.4 Å². The molecule has 5 rings (SSSR count). The highest BCUT2D eigenvalue weighted by Gasteiger charge is 2.26. The number of nitrogens with zero attached hydrogens (tertiary/aromatic N) is 4. The highest BCUT2D eigenvalue weighted by atomic mass is 19.1. The van der Waals surface area contributed by atoms with E-state index in [1.165, 1.54) is 24.3 Å². The number of amides is 3. The molecule has 1 aliphatic heterocycles. The van der Waals surface area contributed by atoms with Crippen LogP contribution in [0.4, 0.5) is 31.2 Å². The maximum Gasteiger partial charge on any atom is 0.410 e. The van der Waals surface area contributed by atoms with Crippen molar-refractivity contribution in [1.82, 2.24) is 14.9 Å². The first kappa shape index (κ1) is 27.6. The second kappa shape index (κ2) is 11.7. The van der Waals surface area contributed by atoms with Gasteiger partial charge in [0.15, 0.2) is 0 Å². The zero-order chi connectivity index (χ0) is 29.0. The number of piperazine rings is 1. The predicted molar refractivity (Wildman–Crippen MR) is 155 cm³/mol. The van der Waals surface area contributed by atoms with Crippen molar-refractivity contribution in [3.05, 3.63) is 78.7 Å². The summed E-state index contributed by atoms with van der Waals surface area (Å²) in [5, 5.41) is 5.37. The number of anilines is 3. The number of hydrogen-bond acceptors (Lipinski definition) is 7. The minimum atomic E-state index is -0.528. The van der Waals surface area contributed by atoms with Crippen molar-refractivity contribution in [1.29, 1.82) is 0 Å². The summed E-state index contributed by atoms with van der Waals surface area (Å²) in [5.74, 6) is 1.53. The molecular formula is C30H31FN6O4. The Bertz CT molecular complexity index is 1530. The van der Waals surface area contributed by atoms with Gasteiger partial charge in [-0.1, -0.05) is 0 Å². The fourth-order valence-corrected chi connectivity index (χ4v) is 4.21. The van der Waals surface area contributed by atoms with E-state index in [-0.39, 0.29) is 11.9 Å². The lowest BCUT2D eigenvalue weighted by Gasteiger charge is -2.36. The van der Waals surface area contributed by atoms with Crippen molar-refractivity contribution < 1.29 is 23.5 Å². The Kier molecular flexibility index (Phi) is 7.86. The number of carbonyl (C=O) groups is 2. The summed E-state index contributed by atoms with van der Waals surface area (Å²) in [4.78, 5) is 37.7. The van der Waals surface area contributed by atoms with Crippen LogP contribution in [0.5, 0.6) is 11.5 Å². The van der Waals surface area contributed by atoms with Crippen molar-refractivity contribution in [2.24, 2.45) is 0 Å². The molecule has 10 nitrogen and oxygen atoms in total. The van der Waals surface area contributed by atoms with Gasteiger partial charge in [-0.25, -0.2) is 19.0 Å². The monoisotopic (exact) mass is 558 g/mol. The van der Waals surface area contributed by atoms with Gasteiger partial charge in [0, 0.05) is 43.6 Å². The smallest absolute Gasteiger partial charge is 0.410 e. The largest absolute Gasteiger partial charge is 0.457 e. The van der Waals surface area contributed by atoms with Gasteiger partial charge in [-0.15, -0.1) is 0 Å². The zero-order valence-corrected chi connectivity index (χ0v) is 23.1. The third-order valence-electron chi connectivity index (χ3n) is 6.21. The molecule has 0 aliphatic carbocycles. The van der Waals surface area contributed by atoms with Crippen LogP contribution < -0.4 is 20.3 Å². The maximum atomic E-state index is 13.0. The van der Waals surface area contributed by atoms with Gasteiger partial charge in [0.05, 0.1) is 17.2 Å². The van der Waals surface area contributed by atoms with E-state index in [4.69, 9.17) is 14.5 Å². The molecule has 11 heteroatoms. The van der Waals surface area contributed by atoms with Crippen LogP contribution in [0.25, 0.3) is 11.0 Å². The molecule has 0 bridgehead atoms. The number of rotatable bonds is 5. The minimum absolute atomic E-state index is 0.305. The van der Waals surface area contributed by atoms with Gasteiger partial charge in [-0.3, -0.25) is 4.98 Å². The summed E-state index contributed by atoms with van der Waals surface area (Å²) in [7, 11) is 0. The van der Waals surface area contributed by atoms with Crippen molar-refractivity contribution in [3.8, 4) is 11.5 Å². The molecule has 41 heavy (non-hydrogen) atoms. The number of ether oxygens (including phenoxy) is 2. The van der Waals surface area contributed by atoms with Gasteiger partial charge in [0.2, 0.25) is 0 Å². The van der Waals surface area contributed by atoms with Crippen LogP contribution in [0.3, 0.4) is 0 Å². The number of urea groups is 1. The molecular weight excluding hydrogens is 527 g/mol. The summed E-state index contributed by atoms with van der Waals surface area (Å²) in [6.45, 7) is 7.89. The van der Waals surface area contributed by atoms with Crippen LogP contribution in [-0.2, 0) is 4.74 Å². The third-order valence-corrected chi connectivity index (χ3v) is 6.21. The molecule has 0 saturated carbocycles. The predicted octanol–water partition coefficient (Wildman–Crippen LogP) is 6.26. The zero-order valence-electron chi connectivity index (χ0n) is 23.1. The molecule has 1 saturated heterocycles. The number of fused-ring (bicyclic) bond motifs is 1. The molecule has 3 amide bonds. The third kappa shape index (κ3) is 7.38. The van der Waals surface area contributed by atoms with E-state index in [0.717, 1.165) is 11.3 Å². The summed E-state index contributed by atoms with van der Waals surface area (Å²) < 4.78 is 24.5. The Morgan fingerprint density at radius 2 is 1.44 bits per heavy atom. The van der Waals surface area contributed by atoms with Crippen LogP contribution in [-0.4, -0.2) is 58.8 Å². The van der Waals surface area contributed by atoms with E-state index in [2.05, 4.69) is 20.5 Å². The molecule has 4 aromatic rings. The average Bonchev–Trinajstić information content (AvgIpc) is 2.94. The molecule has 0 unspecified atom stereocenters. The average molecular weight is 559 g/mol. The van der Waals surface area contributed by atoms with Gasteiger partial charge in [0.25, 0.3) is 0 Å². The maximum absolute atomic E-state index is 13.0. The first-order valence-electron chi connectivity index (χ1n) is 13.2. The van der Waals surface area contributed by atoms with Crippen molar-refractivity contribution in [2.75, 3.05) is 41.7 Å². The molecule has 1 aromatic heterocycles. The summed E-state index contributed by atoms with van der Waals surface area (Å²) >= 11 is 0. The molecule has 0 radical (unpaired) electrons. The van der Waals surface area contributed by atoms with Crippen LogP contribution in [0.2, 0.25) is 0 Å². The van der Waals surface area contributed by atoms with E-state index in [1.54, 1.807) is 35.4 Å². The van der Waals surface area contributed by atoms with Crippen molar-refractivity contribution in [3.63, 3.8) is 0 Å². The van der Waals surface area contributed by atoms with Gasteiger partial charge in [-0.2, -0.15) is 0 Å². The molecule has 0 spiro atoms. The highest BCUT2D eigenvalue weighted by Crippen LogP contribution is 2.27. The van der Waals surface area contributed by atoms with Gasteiger partial charge >= 0.3 is 12.1 Å². The number of hydrogen-bond donors (Lipinski definition) is 2. The Labute approximate surface area is 237 Å². The van der Waals surface area contributed by atoms with Crippen LogP contribution in [0.1, 0.15) is 20.8 Å². The first-order chi connectivity index (χ1) is 19.6. The first-order valence-corrected chi connectivity index (χ1v) is 13.2. The summed E-state index contributed by atoms with van der Waals surface area (Å²) in [6, 6.07) is 17.5. The Morgan fingerprint density at radius 3 is 2.07 bits per heavy atom. The van der Waals surface area contributed by atoms with E-state index in [0.29, 0.717) is 54.6 Å². The second-order valence-corrected chi connectivity index (χ2v) is 10.5. The lowest BCUT2D eigenvalue weighted by Crippen LogP contribution is -2.50. The molecule has 1 fully saturated rings. The number of benzene rings is 3. The molecule has 1 aliphatic rings. The minimum Gasteiger partial charge on any atom is -0.457 e. The molecule has 3 aromatic carbocycles. The molecule has 0 atom stereocenters. The van der Waals surface area contributed by atoms with Crippen molar-refractivity contribution in [2.45, 2.75) is 26.4 Å². The van der Waals surface area contributed by atoms with E-state index in [1.807, 2.05) is 39.0 Å². The topological polar surface area (TPSA) is 109 Å². The standard InChI is InChI=1S/C30H31FN6O4/c1-30(2,3)41-29(39)37-16-14-36(15-17-37)27-19-32-25-13-12-24(18-26(25)35-27)40-23-10-8-22(9-11-23)34-28(38)33-21-6-4-20(31)5-7-21/h4-13,18-19H,14-17H2,1-3H3,(H2,33,34,38). The SMILES string of the molecule is CC(C)(C)OC(=O)N1CCN(c2cnc3ccc(Oc4ccc(NC(=O)Nc5ccc(F)cc5)cc4)cc3n2)CC1. The quantitative estimate of drug-likeness (QED) is 0.297. The number of carbonyl (C=O) groups excluding carboxylic acids is 2. The normalized spacial score (nSPS) is 13.6. The molecule has 2 N–H and O–H groups in total. The number of halogens is 1. The van der Waals surface area contributed by atoms with Gasteiger partial charge < -0.3 is 29.9 Å². The Morgan fingerprint density at radius 1 is 0.829 bits per heavy atom. The van der Waals surface area contributed by atoms with E-state index < -0.39 is 11.6 Å². The van der Waals surface area contributed by atoms with E-state index in [9.17, 15) is 14.0 Å². The van der Waals surface area contributed by atoms with Gasteiger partial charge in [0.1, 0.15) is 28.7 Å².